The summed E-state index contributed by atoms with van der Waals surface area (Å²) < 4.78 is 5.36. The lowest BCUT2D eigenvalue weighted by molar-refractivity contribution is 0.122. The first-order valence-corrected chi connectivity index (χ1v) is 7.42. The van der Waals surface area contributed by atoms with Crippen molar-refractivity contribution in [1.29, 1.82) is 0 Å². The molecule has 0 saturated carbocycles. The lowest BCUT2D eigenvalue weighted by Crippen LogP contribution is -2.36. The van der Waals surface area contributed by atoms with Gasteiger partial charge >= 0.3 is 0 Å². The molecule has 1 saturated heterocycles. The molecule has 2 heteroatoms. The van der Waals surface area contributed by atoms with Crippen molar-refractivity contribution in [3.05, 3.63) is 29.8 Å². The van der Waals surface area contributed by atoms with Gasteiger partial charge in [0.25, 0.3) is 0 Å². The molecule has 0 radical (unpaired) electrons. The van der Waals surface area contributed by atoms with Gasteiger partial charge in [-0.05, 0) is 23.1 Å². The molecule has 1 fully saturated rings. The topological polar surface area (TPSA) is 12.5 Å². The second-order valence-corrected chi connectivity index (χ2v) is 6.10. The fourth-order valence-corrected chi connectivity index (χ4v) is 1.99. The first-order valence-electron chi connectivity index (χ1n) is 7.42. The number of nitrogens with zero attached hydrogens (tertiary/aromatic N) is 1. The second kappa shape index (κ2) is 7.54. The van der Waals surface area contributed by atoms with Gasteiger partial charge in [0.2, 0.25) is 0 Å². The quantitative estimate of drug-likeness (QED) is 0.751. The Kier molecular flexibility index (Phi) is 6.36. The Labute approximate surface area is 118 Å². The minimum atomic E-state index is 0.240. The Hall–Kier alpha value is -1.02. The SMILES string of the molecule is CC(C)(C)c1ccc(N2CCOCC2)cc1.CCC. The molecule has 1 aliphatic heterocycles. The first-order chi connectivity index (χ1) is 8.99. The number of morpholine rings is 1. The molecule has 0 aliphatic carbocycles. The van der Waals surface area contributed by atoms with Crippen LogP contribution in [-0.4, -0.2) is 26.3 Å². The van der Waals surface area contributed by atoms with Crippen LogP contribution in [0, 0.1) is 0 Å². The Bertz CT molecular complexity index is 345. The van der Waals surface area contributed by atoms with Gasteiger partial charge in [0.05, 0.1) is 13.2 Å². The van der Waals surface area contributed by atoms with Crippen molar-refractivity contribution in [3.63, 3.8) is 0 Å². The Morgan fingerprint density at radius 1 is 1.00 bits per heavy atom. The number of benzene rings is 1. The molecular formula is C17H29NO. The number of anilines is 1. The summed E-state index contributed by atoms with van der Waals surface area (Å²) in [5, 5.41) is 0. The van der Waals surface area contributed by atoms with Crippen LogP contribution >= 0.6 is 0 Å². The summed E-state index contributed by atoms with van der Waals surface area (Å²) >= 11 is 0. The summed E-state index contributed by atoms with van der Waals surface area (Å²) in [6, 6.07) is 8.94. The Morgan fingerprint density at radius 3 is 1.89 bits per heavy atom. The molecule has 0 bridgehead atoms. The van der Waals surface area contributed by atoms with E-state index < -0.39 is 0 Å². The fraction of sp³-hybridized carbons (Fsp3) is 0.647. The highest BCUT2D eigenvalue weighted by atomic mass is 16.5. The van der Waals surface area contributed by atoms with Crippen LogP contribution < -0.4 is 4.90 Å². The van der Waals surface area contributed by atoms with Crippen LogP contribution in [0.4, 0.5) is 5.69 Å². The molecule has 108 valence electrons. The number of ether oxygens (including phenoxy) is 1. The highest BCUT2D eigenvalue weighted by molar-refractivity contribution is 5.48. The molecule has 2 nitrogen and oxygen atoms in total. The number of hydrogen-bond donors (Lipinski definition) is 0. The van der Waals surface area contributed by atoms with Gasteiger partial charge in [-0.25, -0.2) is 0 Å². The standard InChI is InChI=1S/C14H21NO.C3H8/c1-14(2,3)12-4-6-13(7-5-12)15-8-10-16-11-9-15;1-3-2/h4-7H,8-11H2,1-3H3;3H2,1-2H3. The van der Waals surface area contributed by atoms with Gasteiger partial charge in [0.1, 0.15) is 0 Å². The lowest BCUT2D eigenvalue weighted by atomic mass is 9.87. The Morgan fingerprint density at radius 2 is 1.47 bits per heavy atom. The number of rotatable bonds is 1. The van der Waals surface area contributed by atoms with E-state index in [1.807, 2.05) is 0 Å². The third-order valence-corrected chi connectivity index (χ3v) is 3.11. The minimum Gasteiger partial charge on any atom is -0.378 e. The van der Waals surface area contributed by atoms with E-state index in [-0.39, 0.29) is 5.41 Å². The van der Waals surface area contributed by atoms with Crippen molar-refractivity contribution in [1.82, 2.24) is 0 Å². The molecule has 0 spiro atoms. The maximum absolute atomic E-state index is 5.36. The van der Waals surface area contributed by atoms with E-state index in [0.717, 1.165) is 26.3 Å². The van der Waals surface area contributed by atoms with Crippen LogP contribution in [0.15, 0.2) is 24.3 Å². The van der Waals surface area contributed by atoms with Crippen LogP contribution in [0.5, 0.6) is 0 Å². The predicted molar refractivity (Wildman–Crippen MR) is 84.1 cm³/mol. The largest absolute Gasteiger partial charge is 0.378 e. The van der Waals surface area contributed by atoms with E-state index >= 15 is 0 Å². The van der Waals surface area contributed by atoms with Gasteiger partial charge in [-0.15, -0.1) is 0 Å². The smallest absolute Gasteiger partial charge is 0.0642 e. The highest BCUT2D eigenvalue weighted by Gasteiger charge is 2.15. The lowest BCUT2D eigenvalue weighted by Gasteiger charge is -2.29. The summed E-state index contributed by atoms with van der Waals surface area (Å²) in [4.78, 5) is 2.38. The second-order valence-electron chi connectivity index (χ2n) is 6.10. The zero-order valence-electron chi connectivity index (χ0n) is 13.2. The van der Waals surface area contributed by atoms with Gasteiger partial charge < -0.3 is 9.64 Å². The molecule has 1 aliphatic rings. The van der Waals surface area contributed by atoms with Crippen molar-refractivity contribution < 1.29 is 4.74 Å². The molecule has 19 heavy (non-hydrogen) atoms. The van der Waals surface area contributed by atoms with Crippen molar-refractivity contribution >= 4 is 5.69 Å². The molecule has 0 atom stereocenters. The molecular weight excluding hydrogens is 234 g/mol. The van der Waals surface area contributed by atoms with Crippen molar-refractivity contribution in [3.8, 4) is 0 Å². The third-order valence-electron chi connectivity index (χ3n) is 3.11. The van der Waals surface area contributed by atoms with Crippen LogP contribution in [-0.2, 0) is 10.2 Å². The van der Waals surface area contributed by atoms with Crippen LogP contribution in [0.1, 0.15) is 46.6 Å². The zero-order chi connectivity index (χ0) is 14.3. The summed E-state index contributed by atoms with van der Waals surface area (Å²) in [5.41, 5.74) is 2.95. The molecule has 0 amide bonds. The molecule has 1 heterocycles. The monoisotopic (exact) mass is 263 g/mol. The first kappa shape index (κ1) is 16.0. The van der Waals surface area contributed by atoms with E-state index in [9.17, 15) is 0 Å². The van der Waals surface area contributed by atoms with Crippen LogP contribution in [0.25, 0.3) is 0 Å². The van der Waals surface area contributed by atoms with E-state index in [4.69, 9.17) is 4.74 Å². The van der Waals surface area contributed by atoms with E-state index in [0.29, 0.717) is 0 Å². The highest BCUT2D eigenvalue weighted by Crippen LogP contribution is 2.25. The molecule has 1 aromatic rings. The van der Waals surface area contributed by atoms with Gasteiger partial charge in [0, 0.05) is 18.8 Å². The van der Waals surface area contributed by atoms with Crippen molar-refractivity contribution in [2.75, 3.05) is 31.2 Å². The normalized spacial score (nSPS) is 15.7. The van der Waals surface area contributed by atoms with Crippen molar-refractivity contribution in [2.45, 2.75) is 46.5 Å². The number of hydrogen-bond acceptors (Lipinski definition) is 2. The fourth-order valence-electron chi connectivity index (χ4n) is 1.99. The van der Waals surface area contributed by atoms with Gasteiger partial charge in [-0.1, -0.05) is 53.2 Å². The maximum Gasteiger partial charge on any atom is 0.0642 e. The average Bonchev–Trinajstić information content (AvgIpc) is 2.40. The summed E-state index contributed by atoms with van der Waals surface area (Å²) in [6.07, 6.45) is 1.25. The molecule has 0 aromatic heterocycles. The molecule has 0 unspecified atom stereocenters. The van der Waals surface area contributed by atoms with Gasteiger partial charge in [0.15, 0.2) is 0 Å². The summed E-state index contributed by atoms with van der Waals surface area (Å²) in [5.74, 6) is 0. The van der Waals surface area contributed by atoms with E-state index in [1.165, 1.54) is 17.7 Å². The molecule has 0 N–H and O–H groups in total. The Balaban J connectivity index is 0.000000550. The maximum atomic E-state index is 5.36. The average molecular weight is 263 g/mol. The summed E-state index contributed by atoms with van der Waals surface area (Å²) in [6.45, 7) is 14.7. The minimum absolute atomic E-state index is 0.240. The molecule has 1 aromatic carbocycles. The molecule has 2 rings (SSSR count). The third kappa shape index (κ3) is 5.23. The van der Waals surface area contributed by atoms with Crippen LogP contribution in [0.2, 0.25) is 0 Å². The predicted octanol–water partition coefficient (Wildman–Crippen LogP) is 4.24. The van der Waals surface area contributed by atoms with Gasteiger partial charge in [-0.2, -0.15) is 0 Å². The van der Waals surface area contributed by atoms with Gasteiger partial charge in [-0.3, -0.25) is 0 Å². The van der Waals surface area contributed by atoms with Crippen LogP contribution in [0.3, 0.4) is 0 Å². The van der Waals surface area contributed by atoms with Crippen molar-refractivity contribution in [2.24, 2.45) is 0 Å². The summed E-state index contributed by atoms with van der Waals surface area (Å²) in [7, 11) is 0. The van der Waals surface area contributed by atoms with E-state index in [2.05, 4.69) is 63.8 Å². The van der Waals surface area contributed by atoms with E-state index in [1.54, 1.807) is 0 Å². The zero-order valence-corrected chi connectivity index (χ0v) is 13.2.